The highest BCUT2D eigenvalue weighted by atomic mass is 19.4. The average molecular weight is 444 g/mol. The SMILES string of the molecule is C[C@@H]1CN(Cc2ccc(C(F)(F)F)o2)c2ccccc2[C@H](C)N1C(=O)Nc1cccnc1. The van der Waals surface area contributed by atoms with E-state index in [9.17, 15) is 18.0 Å². The molecule has 6 nitrogen and oxygen atoms in total. The van der Waals surface area contributed by atoms with Gasteiger partial charge in [-0.2, -0.15) is 13.2 Å². The van der Waals surface area contributed by atoms with Crippen LogP contribution in [0.3, 0.4) is 0 Å². The zero-order valence-corrected chi connectivity index (χ0v) is 17.6. The van der Waals surface area contributed by atoms with Crippen LogP contribution in [0.5, 0.6) is 0 Å². The summed E-state index contributed by atoms with van der Waals surface area (Å²) in [5.74, 6) is -0.810. The number of fused-ring (bicyclic) bond motifs is 1. The van der Waals surface area contributed by atoms with Crippen molar-refractivity contribution >= 4 is 17.4 Å². The molecule has 3 heterocycles. The number of benzene rings is 1. The Labute approximate surface area is 183 Å². The number of anilines is 2. The van der Waals surface area contributed by atoms with Crippen molar-refractivity contribution in [1.29, 1.82) is 0 Å². The Morgan fingerprint density at radius 1 is 1.16 bits per heavy atom. The molecule has 0 bridgehead atoms. The van der Waals surface area contributed by atoms with Crippen LogP contribution in [-0.4, -0.2) is 28.5 Å². The molecule has 0 saturated heterocycles. The highest BCUT2D eigenvalue weighted by Crippen LogP contribution is 2.37. The van der Waals surface area contributed by atoms with Gasteiger partial charge in [-0.05, 0) is 49.7 Å². The minimum Gasteiger partial charge on any atom is -0.455 e. The number of nitrogens with zero attached hydrogens (tertiary/aromatic N) is 3. The molecule has 2 atom stereocenters. The highest BCUT2D eigenvalue weighted by molar-refractivity contribution is 5.90. The third kappa shape index (κ3) is 4.42. The molecule has 0 saturated carbocycles. The van der Waals surface area contributed by atoms with Crippen LogP contribution in [0.25, 0.3) is 0 Å². The van der Waals surface area contributed by atoms with Crippen LogP contribution >= 0.6 is 0 Å². The number of rotatable bonds is 3. The zero-order chi connectivity index (χ0) is 22.9. The fourth-order valence-corrected chi connectivity index (χ4v) is 4.12. The van der Waals surface area contributed by atoms with Crippen molar-refractivity contribution in [3.05, 3.63) is 78.0 Å². The number of alkyl halides is 3. The third-order valence-corrected chi connectivity index (χ3v) is 5.54. The van der Waals surface area contributed by atoms with Gasteiger partial charge in [0.1, 0.15) is 5.76 Å². The van der Waals surface area contributed by atoms with Gasteiger partial charge in [0.25, 0.3) is 0 Å². The van der Waals surface area contributed by atoms with E-state index in [0.29, 0.717) is 12.2 Å². The van der Waals surface area contributed by atoms with Crippen molar-refractivity contribution in [2.75, 3.05) is 16.8 Å². The Morgan fingerprint density at radius 2 is 1.94 bits per heavy atom. The number of furan rings is 1. The lowest BCUT2D eigenvalue weighted by molar-refractivity contribution is -0.153. The average Bonchev–Trinajstić information content (AvgIpc) is 3.19. The standard InChI is InChI=1S/C23H23F3N4O2/c1-15-13-29(14-18-9-10-21(32-18)23(24,25)26)20-8-4-3-7-19(20)16(2)30(15)22(31)28-17-6-5-11-27-12-17/h3-12,15-16H,13-14H2,1-2H3,(H,28,31)/t15-,16+/m1/s1. The number of carbonyl (C=O) groups excluding carboxylic acids is 1. The number of urea groups is 1. The summed E-state index contributed by atoms with van der Waals surface area (Å²) in [5, 5.41) is 2.88. The number of pyridine rings is 1. The maximum atomic E-state index is 13.2. The van der Waals surface area contributed by atoms with Gasteiger partial charge in [0.2, 0.25) is 5.76 Å². The summed E-state index contributed by atoms with van der Waals surface area (Å²) in [6, 6.07) is 12.6. The highest BCUT2D eigenvalue weighted by Gasteiger charge is 2.36. The molecular formula is C23H23F3N4O2. The van der Waals surface area contributed by atoms with Gasteiger partial charge < -0.3 is 19.5 Å². The number of nitrogens with one attached hydrogen (secondary N) is 1. The zero-order valence-electron chi connectivity index (χ0n) is 17.6. The molecule has 32 heavy (non-hydrogen) atoms. The number of aromatic nitrogens is 1. The van der Waals surface area contributed by atoms with Crippen molar-refractivity contribution in [1.82, 2.24) is 9.88 Å². The smallest absolute Gasteiger partial charge is 0.449 e. The first kappa shape index (κ1) is 21.7. The van der Waals surface area contributed by atoms with E-state index in [-0.39, 0.29) is 30.4 Å². The van der Waals surface area contributed by atoms with Crippen LogP contribution in [0.2, 0.25) is 0 Å². The summed E-state index contributed by atoms with van der Waals surface area (Å²) >= 11 is 0. The van der Waals surface area contributed by atoms with Crippen LogP contribution in [0, 0.1) is 0 Å². The Kier molecular flexibility index (Phi) is 5.82. The lowest BCUT2D eigenvalue weighted by Crippen LogP contribution is -2.46. The third-order valence-electron chi connectivity index (χ3n) is 5.54. The van der Waals surface area contributed by atoms with E-state index in [2.05, 4.69) is 10.3 Å². The van der Waals surface area contributed by atoms with Gasteiger partial charge in [-0.15, -0.1) is 0 Å². The first-order valence-corrected chi connectivity index (χ1v) is 10.2. The molecule has 0 unspecified atom stereocenters. The van der Waals surface area contributed by atoms with Crippen LogP contribution in [0.4, 0.5) is 29.3 Å². The molecule has 0 aliphatic carbocycles. The largest absolute Gasteiger partial charge is 0.455 e. The van der Waals surface area contributed by atoms with E-state index in [1.807, 2.05) is 43.0 Å². The van der Waals surface area contributed by atoms with E-state index < -0.39 is 11.9 Å². The van der Waals surface area contributed by atoms with Crippen molar-refractivity contribution in [2.45, 2.75) is 38.7 Å². The van der Waals surface area contributed by atoms with Crippen molar-refractivity contribution in [2.24, 2.45) is 0 Å². The molecule has 168 valence electrons. The predicted octanol–water partition coefficient (Wildman–Crippen LogP) is 5.70. The van der Waals surface area contributed by atoms with Crippen molar-refractivity contribution < 1.29 is 22.4 Å². The molecular weight excluding hydrogens is 421 g/mol. The van der Waals surface area contributed by atoms with E-state index in [1.165, 1.54) is 6.07 Å². The molecule has 1 aliphatic rings. The Hall–Kier alpha value is -3.49. The summed E-state index contributed by atoms with van der Waals surface area (Å²) in [6.07, 6.45) is -1.34. The van der Waals surface area contributed by atoms with Gasteiger partial charge in [0.05, 0.1) is 24.5 Å². The number of hydrogen-bond acceptors (Lipinski definition) is 4. The van der Waals surface area contributed by atoms with Crippen LogP contribution in [0.15, 0.2) is 65.3 Å². The fourth-order valence-electron chi connectivity index (χ4n) is 4.12. The van der Waals surface area contributed by atoms with E-state index in [0.717, 1.165) is 17.3 Å². The molecule has 1 N–H and O–H groups in total. The fraction of sp³-hybridized carbons (Fsp3) is 0.304. The van der Waals surface area contributed by atoms with Gasteiger partial charge in [0.15, 0.2) is 0 Å². The Balaban J connectivity index is 1.62. The number of amides is 2. The second-order valence-corrected chi connectivity index (χ2v) is 7.81. The van der Waals surface area contributed by atoms with Gasteiger partial charge in [0, 0.05) is 24.5 Å². The number of para-hydroxylation sites is 1. The van der Waals surface area contributed by atoms with Crippen molar-refractivity contribution in [3.8, 4) is 0 Å². The maximum absolute atomic E-state index is 13.2. The summed E-state index contributed by atoms with van der Waals surface area (Å²) < 4.78 is 43.9. The topological polar surface area (TPSA) is 61.6 Å². The van der Waals surface area contributed by atoms with Crippen LogP contribution in [0.1, 0.15) is 37.0 Å². The van der Waals surface area contributed by atoms with E-state index in [4.69, 9.17) is 4.42 Å². The van der Waals surface area contributed by atoms with Crippen LogP contribution < -0.4 is 10.2 Å². The maximum Gasteiger partial charge on any atom is 0.449 e. The second kappa shape index (κ2) is 8.57. The minimum absolute atomic E-state index is 0.155. The number of hydrogen-bond donors (Lipinski definition) is 1. The quantitative estimate of drug-likeness (QED) is 0.563. The molecule has 0 spiro atoms. The second-order valence-electron chi connectivity index (χ2n) is 7.81. The first-order chi connectivity index (χ1) is 15.2. The molecule has 2 aromatic heterocycles. The summed E-state index contributed by atoms with van der Waals surface area (Å²) in [7, 11) is 0. The number of halogens is 3. The van der Waals surface area contributed by atoms with E-state index in [1.54, 1.807) is 29.4 Å². The minimum atomic E-state index is -4.53. The molecule has 9 heteroatoms. The number of carbonyl (C=O) groups is 1. The molecule has 1 aliphatic heterocycles. The van der Waals surface area contributed by atoms with Crippen LogP contribution in [-0.2, 0) is 12.7 Å². The summed E-state index contributed by atoms with van der Waals surface area (Å²) in [4.78, 5) is 20.9. The molecule has 0 radical (unpaired) electrons. The van der Waals surface area contributed by atoms with Gasteiger partial charge in [-0.25, -0.2) is 4.79 Å². The molecule has 0 fully saturated rings. The molecule has 4 rings (SSSR count). The predicted molar refractivity (Wildman–Crippen MR) is 114 cm³/mol. The van der Waals surface area contributed by atoms with Gasteiger partial charge in [-0.3, -0.25) is 4.98 Å². The Bertz CT molecular complexity index is 1080. The van der Waals surface area contributed by atoms with E-state index >= 15 is 0 Å². The summed E-state index contributed by atoms with van der Waals surface area (Å²) in [6.45, 7) is 4.43. The summed E-state index contributed by atoms with van der Waals surface area (Å²) in [5.41, 5.74) is 2.34. The van der Waals surface area contributed by atoms with Crippen molar-refractivity contribution in [3.63, 3.8) is 0 Å². The lowest BCUT2D eigenvalue weighted by Gasteiger charge is -2.33. The molecule has 1 aromatic carbocycles. The Morgan fingerprint density at radius 3 is 2.62 bits per heavy atom. The monoisotopic (exact) mass is 444 g/mol. The normalized spacial score (nSPS) is 18.8. The van der Waals surface area contributed by atoms with Gasteiger partial charge in [-0.1, -0.05) is 18.2 Å². The first-order valence-electron chi connectivity index (χ1n) is 10.2. The lowest BCUT2D eigenvalue weighted by atomic mass is 10.0. The molecule has 3 aromatic rings. The van der Waals surface area contributed by atoms with Gasteiger partial charge >= 0.3 is 12.2 Å². The molecule has 2 amide bonds.